The summed E-state index contributed by atoms with van der Waals surface area (Å²) >= 11 is 0. The fraction of sp³-hybridized carbons (Fsp3) is 0.585. The van der Waals surface area contributed by atoms with Gasteiger partial charge in [-0.05, 0) is 258 Å². The fourth-order valence-corrected chi connectivity index (χ4v) is 18.7. The monoisotopic (exact) mass is 1220 g/mol. The molecule has 0 aliphatic rings. The van der Waals surface area contributed by atoms with E-state index in [9.17, 15) is 0 Å². The average Bonchev–Trinajstić information content (AvgIpc) is 3.76. The summed E-state index contributed by atoms with van der Waals surface area (Å²) in [4.78, 5) is 0. The molecule has 6 rings (SSSR count). The van der Waals surface area contributed by atoms with Gasteiger partial charge in [0, 0.05) is 0 Å². The van der Waals surface area contributed by atoms with Crippen molar-refractivity contribution in [1.29, 1.82) is 0 Å². The van der Waals surface area contributed by atoms with Crippen LogP contribution in [0, 0.1) is 0 Å². The van der Waals surface area contributed by atoms with Crippen LogP contribution in [-0.2, 0) is 94.4 Å². The largest absolute Gasteiger partial charge is 2.00 e. The summed E-state index contributed by atoms with van der Waals surface area (Å²) in [7, 11) is -1.19. The van der Waals surface area contributed by atoms with E-state index in [0.29, 0.717) is 0 Å². The maximum absolute atomic E-state index is 2.60. The van der Waals surface area contributed by atoms with Crippen molar-refractivity contribution in [3.05, 3.63) is 164 Å². The van der Waals surface area contributed by atoms with Gasteiger partial charge in [-0.2, -0.15) is 24.3 Å². The Morgan fingerprint density at radius 1 is 0.235 bits per heavy atom. The number of benzene rings is 4. The van der Waals surface area contributed by atoms with Crippen molar-refractivity contribution in [2.45, 2.75) is 314 Å². The Kier molecular flexibility index (Phi) is 38.2. The van der Waals surface area contributed by atoms with Gasteiger partial charge in [0.05, 0.1) is 0 Å². The van der Waals surface area contributed by atoms with E-state index < -0.39 is 15.8 Å². The van der Waals surface area contributed by atoms with Gasteiger partial charge in [0.2, 0.25) is 0 Å². The van der Waals surface area contributed by atoms with Crippen LogP contribution in [0.3, 0.4) is 0 Å². The standard InChI is InChI=1S/2C41H62P.Cr/c2*1-7-13-21-33-29-31-40(38(27-17-11-5)36(33)25-15-9-3)42(35-23-19-20-24-35)41-32-30-34(22-14-8-2)37(26-16-10-4)39(41)28-18-12-6;/h2*19-20,23-24,29-32H,7-18,21-22,25-28H2,1-6H3;/q2*-1;+2. The van der Waals surface area contributed by atoms with E-state index in [1.54, 1.807) is 98.6 Å². The van der Waals surface area contributed by atoms with Crippen molar-refractivity contribution in [2.24, 2.45) is 0 Å². The summed E-state index contributed by atoms with van der Waals surface area (Å²) in [6, 6.07) is 39.5. The molecule has 0 heterocycles. The van der Waals surface area contributed by atoms with Crippen LogP contribution in [0.1, 0.15) is 304 Å². The molecule has 0 radical (unpaired) electrons. The molecule has 0 aliphatic heterocycles. The van der Waals surface area contributed by atoms with Crippen LogP contribution in [0.2, 0.25) is 0 Å². The summed E-state index contributed by atoms with van der Waals surface area (Å²) in [6.45, 7) is 28.2. The Morgan fingerprint density at radius 2 is 0.424 bits per heavy atom. The molecule has 85 heavy (non-hydrogen) atoms. The molecular weight excluding hydrogens is 1100 g/mol. The van der Waals surface area contributed by atoms with Crippen molar-refractivity contribution >= 4 is 47.7 Å². The maximum atomic E-state index is 2.60. The van der Waals surface area contributed by atoms with Gasteiger partial charge >= 0.3 is 17.4 Å². The molecule has 0 spiro atoms. The van der Waals surface area contributed by atoms with Crippen molar-refractivity contribution in [2.75, 3.05) is 0 Å². The van der Waals surface area contributed by atoms with Crippen molar-refractivity contribution in [1.82, 2.24) is 0 Å². The molecule has 6 aromatic carbocycles. The van der Waals surface area contributed by atoms with Crippen LogP contribution in [0.4, 0.5) is 0 Å². The number of aryl methyl sites for hydroxylation is 4. The summed E-state index contributed by atoms with van der Waals surface area (Å²) < 4.78 is 0. The molecule has 0 amide bonds. The van der Waals surface area contributed by atoms with Crippen LogP contribution < -0.4 is 31.8 Å². The molecular formula is C82H124CrP2. The van der Waals surface area contributed by atoms with Gasteiger partial charge in [0.15, 0.2) is 0 Å². The topological polar surface area (TPSA) is 0 Å². The van der Waals surface area contributed by atoms with E-state index in [1.165, 1.54) is 231 Å². The zero-order valence-electron chi connectivity index (χ0n) is 57.0. The normalized spacial score (nSPS) is 11.5. The van der Waals surface area contributed by atoms with Crippen LogP contribution >= 0.6 is 15.8 Å². The van der Waals surface area contributed by atoms with Gasteiger partial charge in [-0.25, -0.2) is 24.3 Å². The zero-order valence-corrected chi connectivity index (χ0v) is 60.1. The van der Waals surface area contributed by atoms with Crippen LogP contribution in [0.15, 0.2) is 97.1 Å². The number of hydrogen-bond acceptors (Lipinski definition) is 0. The fourth-order valence-electron chi connectivity index (χ4n) is 13.2. The second-order valence-electron chi connectivity index (χ2n) is 25.0. The van der Waals surface area contributed by atoms with Crippen LogP contribution in [0.25, 0.3) is 0 Å². The molecule has 0 saturated carbocycles. The minimum Gasteiger partial charge on any atom is -0.213 e. The van der Waals surface area contributed by atoms with Crippen LogP contribution in [0.5, 0.6) is 0 Å². The maximum Gasteiger partial charge on any atom is 2.00 e. The Hall–Kier alpha value is -3.03. The third-order valence-corrected chi connectivity index (χ3v) is 23.5. The van der Waals surface area contributed by atoms with Gasteiger partial charge < -0.3 is 0 Å². The second-order valence-corrected chi connectivity index (χ2v) is 29.3. The van der Waals surface area contributed by atoms with E-state index in [0.717, 1.165) is 0 Å². The summed E-state index contributed by atoms with van der Waals surface area (Å²) in [5.41, 5.74) is 20.3. The summed E-state index contributed by atoms with van der Waals surface area (Å²) in [5.74, 6) is 0. The smallest absolute Gasteiger partial charge is 0.213 e. The number of hydrogen-bond donors (Lipinski definition) is 0. The zero-order chi connectivity index (χ0) is 60.3. The molecule has 0 atom stereocenters. The number of unbranched alkanes of at least 4 members (excludes halogenated alkanes) is 12. The van der Waals surface area contributed by atoms with Crippen LogP contribution in [-0.4, -0.2) is 0 Å². The molecule has 0 saturated heterocycles. The van der Waals surface area contributed by atoms with Crippen molar-refractivity contribution in [3.8, 4) is 0 Å². The van der Waals surface area contributed by atoms with Gasteiger partial charge in [-0.15, -0.1) is 10.6 Å². The predicted octanol–water partition coefficient (Wildman–Crippen LogP) is 22.4. The summed E-state index contributed by atoms with van der Waals surface area (Å²) in [6.07, 6.45) is 45.5. The second kappa shape index (κ2) is 43.6. The first-order valence-corrected chi connectivity index (χ1v) is 38.6. The number of rotatable bonds is 42. The molecule has 468 valence electrons. The van der Waals surface area contributed by atoms with Crippen molar-refractivity contribution in [3.63, 3.8) is 0 Å². The van der Waals surface area contributed by atoms with Gasteiger partial charge in [-0.1, -0.05) is 209 Å². The molecule has 3 heteroatoms. The third-order valence-electron chi connectivity index (χ3n) is 18.2. The van der Waals surface area contributed by atoms with Gasteiger partial charge in [0.25, 0.3) is 0 Å². The molecule has 0 unspecified atom stereocenters. The molecule has 0 aromatic heterocycles. The molecule has 0 bridgehead atoms. The molecule has 0 nitrogen and oxygen atoms in total. The molecule has 0 fully saturated rings. The van der Waals surface area contributed by atoms with Gasteiger partial charge in [0.1, 0.15) is 0 Å². The molecule has 6 aromatic rings. The van der Waals surface area contributed by atoms with Crippen molar-refractivity contribution < 1.29 is 17.4 Å². The Morgan fingerprint density at radius 3 is 0.600 bits per heavy atom. The summed E-state index contributed by atoms with van der Waals surface area (Å²) in [5, 5.41) is 9.75. The SMILES string of the molecule is CCCCc1ccc(P(c2ccc[cH-]2)c2ccc(CCCC)c(CCCC)c2CCCC)c(CCCC)c1CCCC.CCCCc1ccc(P(c2ccc[cH-]2)c2ccc(CCCC)c(CCCC)c2CCCC)c(CCCC)c1CCCC.[Cr+2]. The quantitative estimate of drug-likeness (QED) is 0.0265. The Labute approximate surface area is 539 Å². The Bertz CT molecular complexity index is 2350. The third kappa shape index (κ3) is 22.2. The first-order valence-electron chi connectivity index (χ1n) is 35.9. The van der Waals surface area contributed by atoms with E-state index in [4.69, 9.17) is 0 Å². The average molecular weight is 1220 g/mol. The van der Waals surface area contributed by atoms with E-state index in [1.807, 2.05) is 0 Å². The van der Waals surface area contributed by atoms with E-state index >= 15 is 0 Å². The van der Waals surface area contributed by atoms with E-state index in [2.05, 4.69) is 180 Å². The first-order chi connectivity index (χ1) is 41.3. The molecule has 0 aliphatic carbocycles. The van der Waals surface area contributed by atoms with E-state index in [-0.39, 0.29) is 17.4 Å². The minimum atomic E-state index is -0.597. The predicted molar refractivity (Wildman–Crippen MR) is 385 cm³/mol. The first kappa shape index (κ1) is 74.4. The van der Waals surface area contributed by atoms with Gasteiger partial charge in [-0.3, -0.25) is 0 Å². The molecule has 0 N–H and O–H groups in total. The Balaban J connectivity index is 0.000000360. The minimum absolute atomic E-state index is 0.